The van der Waals surface area contributed by atoms with Crippen LogP contribution in [0.4, 0.5) is 0 Å². The zero-order chi connectivity index (χ0) is 12.0. The number of piperidine rings is 1. The van der Waals surface area contributed by atoms with E-state index in [1.807, 2.05) is 19.2 Å². The van der Waals surface area contributed by atoms with Crippen LogP contribution in [0.3, 0.4) is 0 Å². The van der Waals surface area contributed by atoms with Crippen LogP contribution >= 0.6 is 23.2 Å². The van der Waals surface area contributed by atoms with E-state index in [1.54, 1.807) is 0 Å². The molecule has 1 aromatic rings. The zero-order valence-electron chi connectivity index (χ0n) is 9.34. The Morgan fingerprint density at radius 2 is 2.24 bits per heavy atom. The molecule has 2 fully saturated rings. The molecule has 1 aromatic carbocycles. The summed E-state index contributed by atoms with van der Waals surface area (Å²) in [5.41, 5.74) is 1.60. The molecule has 1 aliphatic heterocycles. The van der Waals surface area contributed by atoms with Crippen molar-refractivity contribution in [3.63, 3.8) is 0 Å². The van der Waals surface area contributed by atoms with Crippen LogP contribution in [0.5, 0.6) is 0 Å². The SMILES string of the molecule is CO[I-][C@@H]1[C@@H]2CNCC12c1ccc(Cl)c(Cl)c1. The van der Waals surface area contributed by atoms with E-state index in [0.717, 1.165) is 22.9 Å². The topological polar surface area (TPSA) is 21.3 Å². The average Bonchev–Trinajstić information content (AvgIpc) is 2.72. The Hall–Kier alpha value is 0.450. The summed E-state index contributed by atoms with van der Waals surface area (Å²) in [5.74, 6) is 0.729. The number of nitrogens with one attached hydrogen (secondary N) is 1. The molecule has 1 saturated heterocycles. The van der Waals surface area contributed by atoms with Crippen molar-refractivity contribution < 1.29 is 24.7 Å². The third-order valence-corrected chi connectivity index (χ3v) is 7.60. The monoisotopic (exact) mass is 384 g/mol. The normalized spacial score (nSPS) is 35.0. The Kier molecular flexibility index (Phi) is 3.32. The van der Waals surface area contributed by atoms with Crippen LogP contribution in [0, 0.1) is 5.92 Å². The van der Waals surface area contributed by atoms with Crippen molar-refractivity contribution in [2.75, 3.05) is 20.2 Å². The molecule has 1 unspecified atom stereocenters. The molecule has 1 aliphatic carbocycles. The quantitative estimate of drug-likeness (QED) is 0.559. The fourth-order valence-electron chi connectivity index (χ4n) is 2.92. The van der Waals surface area contributed by atoms with Crippen molar-refractivity contribution in [1.29, 1.82) is 0 Å². The molecule has 3 rings (SSSR count). The zero-order valence-corrected chi connectivity index (χ0v) is 13.0. The number of fused-ring (bicyclic) bond motifs is 1. The van der Waals surface area contributed by atoms with E-state index in [0.29, 0.717) is 10.0 Å². The van der Waals surface area contributed by atoms with E-state index in [2.05, 4.69) is 11.4 Å². The van der Waals surface area contributed by atoms with Gasteiger partial charge in [0.15, 0.2) is 0 Å². The van der Waals surface area contributed by atoms with E-state index < -0.39 is 0 Å². The summed E-state index contributed by atoms with van der Waals surface area (Å²) in [6.45, 7) is 2.15. The van der Waals surface area contributed by atoms with Crippen LogP contribution in [0.2, 0.25) is 10.0 Å². The first-order valence-corrected chi connectivity index (χ1v) is 8.41. The van der Waals surface area contributed by atoms with Crippen LogP contribution in [0.1, 0.15) is 5.56 Å². The van der Waals surface area contributed by atoms with Gasteiger partial charge in [-0.2, -0.15) is 0 Å². The van der Waals surface area contributed by atoms with Crippen LogP contribution in [0.25, 0.3) is 0 Å². The molecule has 0 aromatic heterocycles. The number of benzene rings is 1. The van der Waals surface area contributed by atoms with E-state index >= 15 is 0 Å². The van der Waals surface area contributed by atoms with E-state index in [4.69, 9.17) is 26.3 Å². The van der Waals surface area contributed by atoms with Gasteiger partial charge in [0.05, 0.1) is 0 Å². The number of hydrogen-bond donors (Lipinski definition) is 1. The summed E-state index contributed by atoms with van der Waals surface area (Å²) in [6.07, 6.45) is 0. The minimum absolute atomic E-state index is 0.165. The number of alkyl halides is 1. The molecule has 1 heterocycles. The van der Waals surface area contributed by atoms with Crippen LogP contribution in [-0.4, -0.2) is 24.1 Å². The molecule has 2 aliphatic rings. The molecular formula is C12H13Cl2INO-. The van der Waals surface area contributed by atoms with Crippen molar-refractivity contribution in [1.82, 2.24) is 5.32 Å². The van der Waals surface area contributed by atoms with Crippen molar-refractivity contribution in [3.8, 4) is 0 Å². The maximum atomic E-state index is 6.12. The van der Waals surface area contributed by atoms with Gasteiger partial charge in [-0.1, -0.05) is 0 Å². The predicted octanol–water partition coefficient (Wildman–Crippen LogP) is -0.517. The van der Waals surface area contributed by atoms with Crippen LogP contribution < -0.4 is 26.9 Å². The number of rotatable bonds is 3. The fourth-order valence-corrected chi connectivity index (χ4v) is 6.30. The van der Waals surface area contributed by atoms with Gasteiger partial charge in [0.1, 0.15) is 0 Å². The first-order valence-electron chi connectivity index (χ1n) is 5.53. The van der Waals surface area contributed by atoms with Crippen LogP contribution in [-0.2, 0) is 8.48 Å². The molecule has 5 heteroatoms. The number of halogens is 3. The Morgan fingerprint density at radius 1 is 1.41 bits per heavy atom. The second-order valence-electron chi connectivity index (χ2n) is 4.55. The molecule has 0 radical (unpaired) electrons. The molecule has 0 amide bonds. The van der Waals surface area contributed by atoms with Gasteiger partial charge < -0.3 is 0 Å². The molecule has 0 bridgehead atoms. The summed E-state index contributed by atoms with van der Waals surface area (Å²) < 4.78 is 6.15. The summed E-state index contributed by atoms with van der Waals surface area (Å²) in [7, 11) is 1.82. The molecule has 2 nitrogen and oxygen atoms in total. The molecule has 1 saturated carbocycles. The van der Waals surface area contributed by atoms with Gasteiger partial charge in [-0.05, 0) is 0 Å². The van der Waals surface area contributed by atoms with Gasteiger partial charge in [0, 0.05) is 0 Å². The molecule has 1 N–H and O–H groups in total. The Morgan fingerprint density at radius 3 is 2.94 bits per heavy atom. The third kappa shape index (κ3) is 1.82. The van der Waals surface area contributed by atoms with Crippen LogP contribution in [0.15, 0.2) is 18.2 Å². The van der Waals surface area contributed by atoms with Gasteiger partial charge in [0.2, 0.25) is 0 Å². The Bertz CT molecular complexity index is 456. The number of hydrogen-bond acceptors (Lipinski definition) is 2. The molecule has 94 valence electrons. The van der Waals surface area contributed by atoms with Crippen molar-refractivity contribution in [3.05, 3.63) is 33.8 Å². The summed E-state index contributed by atoms with van der Waals surface area (Å²) in [6, 6.07) is 6.06. The molecular weight excluding hydrogens is 372 g/mol. The van der Waals surface area contributed by atoms with E-state index in [1.165, 1.54) is 5.56 Å². The summed E-state index contributed by atoms with van der Waals surface area (Å²) in [5, 5.41) is 4.76. The Labute approximate surface area is 122 Å². The first kappa shape index (κ1) is 12.5. The van der Waals surface area contributed by atoms with Crippen molar-refractivity contribution >= 4 is 23.2 Å². The second-order valence-corrected chi connectivity index (χ2v) is 8.10. The van der Waals surface area contributed by atoms with Crippen molar-refractivity contribution in [2.24, 2.45) is 5.92 Å². The van der Waals surface area contributed by atoms with Gasteiger partial charge >= 0.3 is 122 Å². The Balaban J connectivity index is 1.94. The van der Waals surface area contributed by atoms with Gasteiger partial charge in [-0.25, -0.2) is 0 Å². The first-order chi connectivity index (χ1) is 8.20. The van der Waals surface area contributed by atoms with Crippen molar-refractivity contribution in [2.45, 2.75) is 9.34 Å². The molecule has 17 heavy (non-hydrogen) atoms. The maximum absolute atomic E-state index is 6.12. The fraction of sp³-hybridized carbons (Fsp3) is 0.500. The standard InChI is InChI=1S/C12H13Cl2INO/c1-17-15-11-8-5-16-6-12(8,11)7-2-3-9(13)10(14)4-7/h2-4,8,11,16H,5-6H2,1H3/q-1/t8-,11+,12?/m0/s1. The van der Waals surface area contributed by atoms with Gasteiger partial charge in [0.25, 0.3) is 0 Å². The molecule has 3 atom stereocenters. The van der Waals surface area contributed by atoms with E-state index in [-0.39, 0.29) is 27.0 Å². The summed E-state index contributed by atoms with van der Waals surface area (Å²) in [4.78, 5) is 0. The summed E-state index contributed by atoms with van der Waals surface area (Å²) >= 11 is 11.9. The average molecular weight is 385 g/mol. The second kappa shape index (κ2) is 4.53. The minimum atomic E-state index is -0.165. The molecule has 0 spiro atoms. The van der Waals surface area contributed by atoms with Gasteiger partial charge in [-0.15, -0.1) is 0 Å². The van der Waals surface area contributed by atoms with Gasteiger partial charge in [-0.3, -0.25) is 0 Å². The van der Waals surface area contributed by atoms with E-state index in [9.17, 15) is 0 Å². The third-order valence-electron chi connectivity index (χ3n) is 3.82. The predicted molar refractivity (Wildman–Crippen MR) is 65.3 cm³/mol.